The van der Waals surface area contributed by atoms with Gasteiger partial charge in [-0.25, -0.2) is 12.8 Å². The van der Waals surface area contributed by atoms with Crippen molar-refractivity contribution in [3.05, 3.63) is 94.1 Å². The fourth-order valence-corrected chi connectivity index (χ4v) is 6.09. The largest absolute Gasteiger partial charge is 0.427 e. The van der Waals surface area contributed by atoms with Crippen LogP contribution in [0.25, 0.3) is 6.08 Å². The van der Waals surface area contributed by atoms with Gasteiger partial charge in [0, 0.05) is 35.4 Å². The molecule has 1 heterocycles. The van der Waals surface area contributed by atoms with Crippen LogP contribution in [-0.4, -0.2) is 31.0 Å². The highest BCUT2D eigenvalue weighted by atomic mass is 32.2. The quantitative estimate of drug-likeness (QED) is 0.168. The predicted molar refractivity (Wildman–Crippen MR) is 148 cm³/mol. The van der Waals surface area contributed by atoms with Gasteiger partial charge in [-0.1, -0.05) is 11.8 Å². The van der Waals surface area contributed by atoms with Crippen molar-refractivity contribution in [2.75, 3.05) is 5.32 Å². The number of sulfone groups is 1. The van der Waals surface area contributed by atoms with Crippen molar-refractivity contribution in [2.24, 2.45) is 0 Å². The first-order valence-electron chi connectivity index (χ1n) is 12.9. The molecule has 1 aliphatic heterocycles. The summed E-state index contributed by atoms with van der Waals surface area (Å²) in [4.78, 5) is 24.8. The monoisotopic (exact) mass is 613 g/mol. The summed E-state index contributed by atoms with van der Waals surface area (Å²) in [5, 5.41) is 15.2. The zero-order valence-corrected chi connectivity index (χ0v) is 23.3. The van der Waals surface area contributed by atoms with Crippen LogP contribution in [0.5, 0.6) is 5.75 Å². The van der Waals surface area contributed by atoms with Crippen LogP contribution in [0.3, 0.4) is 0 Å². The fourth-order valence-electron chi connectivity index (χ4n) is 4.91. The molecule has 7 nitrogen and oxygen atoms in total. The Morgan fingerprint density at radius 1 is 1.05 bits per heavy atom. The molecule has 2 aliphatic rings. The number of alkyl halides is 3. The minimum atomic E-state index is -4.74. The number of halogens is 4. The van der Waals surface area contributed by atoms with Gasteiger partial charge in [-0.05, 0) is 90.7 Å². The molecule has 43 heavy (non-hydrogen) atoms. The summed E-state index contributed by atoms with van der Waals surface area (Å²) in [5.41, 5.74) is -4.42. The molecule has 12 heteroatoms. The van der Waals surface area contributed by atoms with E-state index in [9.17, 15) is 40.7 Å². The number of hydrogen-bond acceptors (Lipinski definition) is 6. The standard InChI is InChI=1S/C31H23F4NO6S/c1-19(37)42-24-6-2-20(3-7-24)10-12-30(39,28(38)36-23-5-9-27-21(16-23)11-15-43(27,40)41)18-29(13-14-29)25-17-22(31(33,34)35)4-8-26(25)32/h2-9,11,15-17,39H,13-14,18H2,1H3,(H,36,38). The molecule has 3 aromatic carbocycles. The molecule has 0 bridgehead atoms. The van der Waals surface area contributed by atoms with E-state index >= 15 is 0 Å². The molecular formula is C31H23F4NO6S. The molecule has 222 valence electrons. The molecule has 2 N–H and O–H groups in total. The van der Waals surface area contributed by atoms with E-state index in [-0.39, 0.29) is 34.7 Å². The van der Waals surface area contributed by atoms with E-state index < -0.39 is 56.7 Å². The summed E-state index contributed by atoms with van der Waals surface area (Å²) in [5.74, 6) is 2.93. The topological polar surface area (TPSA) is 110 Å². The Bertz CT molecular complexity index is 1830. The third-order valence-electron chi connectivity index (χ3n) is 7.22. The molecular weight excluding hydrogens is 590 g/mol. The minimum absolute atomic E-state index is 0.0368. The van der Waals surface area contributed by atoms with Gasteiger partial charge in [-0.3, -0.25) is 9.59 Å². The van der Waals surface area contributed by atoms with Crippen molar-refractivity contribution < 1.29 is 45.4 Å². The van der Waals surface area contributed by atoms with Gasteiger partial charge in [0.05, 0.1) is 10.5 Å². The first-order valence-corrected chi connectivity index (χ1v) is 14.4. The minimum Gasteiger partial charge on any atom is -0.427 e. The van der Waals surface area contributed by atoms with Crippen molar-refractivity contribution in [3.63, 3.8) is 0 Å². The molecule has 3 aromatic rings. The van der Waals surface area contributed by atoms with Gasteiger partial charge < -0.3 is 15.2 Å². The lowest BCUT2D eigenvalue weighted by Gasteiger charge is -2.28. The van der Waals surface area contributed by atoms with E-state index in [0.29, 0.717) is 29.3 Å². The van der Waals surface area contributed by atoms with Crippen LogP contribution in [0, 0.1) is 17.7 Å². The number of benzene rings is 3. The molecule has 0 radical (unpaired) electrons. The normalized spacial score (nSPS) is 17.2. The van der Waals surface area contributed by atoms with Crippen molar-refractivity contribution in [1.82, 2.24) is 0 Å². The van der Waals surface area contributed by atoms with Gasteiger partial charge in [-0.15, -0.1) is 0 Å². The van der Waals surface area contributed by atoms with E-state index in [1.165, 1.54) is 55.5 Å². The highest BCUT2D eigenvalue weighted by Gasteiger charge is 2.54. The number of fused-ring (bicyclic) bond motifs is 1. The summed E-state index contributed by atoms with van der Waals surface area (Å²) >= 11 is 0. The summed E-state index contributed by atoms with van der Waals surface area (Å²) in [6, 6.07) is 11.8. The lowest BCUT2D eigenvalue weighted by atomic mass is 9.81. The van der Waals surface area contributed by atoms with Crippen molar-refractivity contribution in [3.8, 4) is 17.6 Å². The van der Waals surface area contributed by atoms with Crippen LogP contribution >= 0.6 is 0 Å². The summed E-state index contributed by atoms with van der Waals surface area (Å²) < 4.78 is 84.4. The molecule has 1 fully saturated rings. The van der Waals surface area contributed by atoms with E-state index in [0.717, 1.165) is 5.41 Å². The Labute approximate surface area is 244 Å². The summed E-state index contributed by atoms with van der Waals surface area (Å²) in [6.45, 7) is 1.23. The van der Waals surface area contributed by atoms with Crippen LogP contribution in [0.1, 0.15) is 48.4 Å². The summed E-state index contributed by atoms with van der Waals surface area (Å²) in [7, 11) is -3.60. The van der Waals surface area contributed by atoms with E-state index in [2.05, 4.69) is 17.2 Å². The first kappa shape index (κ1) is 30.0. The third-order valence-corrected chi connectivity index (χ3v) is 8.70. The van der Waals surface area contributed by atoms with Crippen LogP contribution in [0.4, 0.5) is 23.2 Å². The van der Waals surface area contributed by atoms with Crippen LogP contribution in [0.2, 0.25) is 0 Å². The Hall–Kier alpha value is -4.47. The van der Waals surface area contributed by atoms with E-state index in [1.54, 1.807) is 0 Å². The zero-order valence-electron chi connectivity index (χ0n) is 22.5. The number of nitrogens with one attached hydrogen (secondary N) is 1. The molecule has 1 saturated carbocycles. The van der Waals surface area contributed by atoms with Gasteiger partial charge in [0.1, 0.15) is 11.6 Å². The number of ether oxygens (including phenoxy) is 1. The second kappa shape index (κ2) is 10.7. The van der Waals surface area contributed by atoms with Gasteiger partial charge in [0.25, 0.3) is 5.91 Å². The van der Waals surface area contributed by atoms with Crippen molar-refractivity contribution >= 4 is 33.5 Å². The Kier molecular flexibility index (Phi) is 7.44. The lowest BCUT2D eigenvalue weighted by molar-refractivity contribution is -0.138. The number of amides is 1. The maximum absolute atomic E-state index is 14.9. The Morgan fingerprint density at radius 2 is 1.74 bits per heavy atom. The van der Waals surface area contributed by atoms with Crippen molar-refractivity contribution in [2.45, 2.75) is 48.3 Å². The average molecular weight is 614 g/mol. The van der Waals surface area contributed by atoms with E-state index in [1.807, 2.05) is 0 Å². The van der Waals surface area contributed by atoms with E-state index in [4.69, 9.17) is 4.74 Å². The second-order valence-corrected chi connectivity index (χ2v) is 12.2. The molecule has 1 amide bonds. The van der Waals surface area contributed by atoms with Gasteiger partial charge in [0.2, 0.25) is 5.60 Å². The van der Waals surface area contributed by atoms with Crippen LogP contribution in [0.15, 0.2) is 71.0 Å². The molecule has 0 spiro atoms. The second-order valence-electron chi connectivity index (χ2n) is 10.4. The predicted octanol–water partition coefficient (Wildman–Crippen LogP) is 5.37. The molecule has 5 rings (SSSR count). The molecule has 0 saturated heterocycles. The number of anilines is 1. The zero-order chi connectivity index (χ0) is 31.2. The summed E-state index contributed by atoms with van der Waals surface area (Å²) in [6.07, 6.45) is -3.52. The van der Waals surface area contributed by atoms with Gasteiger partial charge in [-0.2, -0.15) is 13.2 Å². The molecule has 1 atom stereocenters. The van der Waals surface area contributed by atoms with Gasteiger partial charge in [0.15, 0.2) is 9.84 Å². The molecule has 0 aromatic heterocycles. The maximum Gasteiger partial charge on any atom is 0.416 e. The van der Waals surface area contributed by atoms with Gasteiger partial charge >= 0.3 is 12.1 Å². The molecule has 1 aliphatic carbocycles. The maximum atomic E-state index is 14.9. The average Bonchev–Trinajstić information content (AvgIpc) is 3.63. The Balaban J connectivity index is 1.50. The Morgan fingerprint density at radius 3 is 2.37 bits per heavy atom. The fraction of sp³-hybridized carbons (Fsp3) is 0.226. The lowest BCUT2D eigenvalue weighted by Crippen LogP contribution is -2.44. The van der Waals surface area contributed by atoms with Crippen LogP contribution < -0.4 is 10.1 Å². The smallest absolute Gasteiger partial charge is 0.416 e. The van der Waals surface area contributed by atoms with Crippen molar-refractivity contribution in [1.29, 1.82) is 0 Å². The number of esters is 1. The highest BCUT2D eigenvalue weighted by molar-refractivity contribution is 7.94. The number of carbonyl (C=O) groups excluding carboxylic acids is 2. The SMILES string of the molecule is CC(=O)Oc1ccc(C#CC(O)(CC2(c3cc(C(F)(F)F)ccc3F)CC2)C(=O)Nc2ccc3c(c2)C=CS3(=O)=O)cc1. The third kappa shape index (κ3) is 6.33. The number of aliphatic hydroxyl groups is 1. The number of carbonyl (C=O) groups is 2. The molecule has 1 unspecified atom stereocenters. The van der Waals surface area contributed by atoms with Crippen LogP contribution in [-0.2, 0) is 31.0 Å². The first-order chi connectivity index (χ1) is 20.1. The number of rotatable bonds is 6. The number of hydrogen-bond donors (Lipinski definition) is 2. The highest BCUT2D eigenvalue weighted by Crippen LogP contribution is 2.55.